The van der Waals surface area contributed by atoms with Crippen LogP contribution in [0.4, 0.5) is 0 Å². The third-order valence-electron chi connectivity index (χ3n) is 2.77. The minimum Gasteiger partial charge on any atom is -0.383 e. The number of rotatable bonds is 6. The van der Waals surface area contributed by atoms with E-state index in [-0.39, 0.29) is 6.04 Å². The average molecular weight is 361 g/mol. The Kier molecular flexibility index (Phi) is 5.47. The Morgan fingerprint density at radius 1 is 1.50 bits per heavy atom. The van der Waals surface area contributed by atoms with E-state index < -0.39 is 0 Å². The van der Waals surface area contributed by atoms with Crippen molar-refractivity contribution in [1.82, 2.24) is 25.5 Å². The van der Waals surface area contributed by atoms with Gasteiger partial charge in [0.1, 0.15) is 0 Å². The molecule has 2 rings (SSSR count). The van der Waals surface area contributed by atoms with Gasteiger partial charge in [-0.05, 0) is 51.5 Å². The molecule has 2 aromatic rings. The number of ether oxygens (including phenoxy) is 1. The molecule has 0 aliphatic heterocycles. The normalized spacial score (nSPS) is 12.6. The Bertz CT molecular complexity index is 577. The lowest BCUT2D eigenvalue weighted by Gasteiger charge is -2.14. The molecule has 1 unspecified atom stereocenters. The Balaban J connectivity index is 2.26. The van der Waals surface area contributed by atoms with Crippen LogP contribution in [0.1, 0.15) is 18.8 Å². The summed E-state index contributed by atoms with van der Waals surface area (Å²) in [5.41, 5.74) is 0.804. The molecule has 20 heavy (non-hydrogen) atoms. The maximum atomic E-state index is 6.03. The van der Waals surface area contributed by atoms with Crippen LogP contribution < -0.4 is 5.32 Å². The van der Waals surface area contributed by atoms with Gasteiger partial charge in [-0.1, -0.05) is 11.6 Å². The largest absolute Gasteiger partial charge is 0.383 e. The first-order valence-electron chi connectivity index (χ1n) is 6.09. The first-order valence-corrected chi connectivity index (χ1v) is 7.26. The van der Waals surface area contributed by atoms with Gasteiger partial charge >= 0.3 is 0 Å². The molecule has 108 valence electrons. The molecule has 0 aliphatic carbocycles. The molecule has 1 heterocycles. The van der Waals surface area contributed by atoms with Gasteiger partial charge in [-0.3, -0.25) is 0 Å². The van der Waals surface area contributed by atoms with Crippen molar-refractivity contribution in [3.63, 3.8) is 0 Å². The van der Waals surface area contributed by atoms with E-state index in [4.69, 9.17) is 16.3 Å². The first-order chi connectivity index (χ1) is 9.63. The smallest absolute Gasteiger partial charge is 0.173 e. The zero-order valence-corrected chi connectivity index (χ0v) is 13.5. The van der Waals surface area contributed by atoms with E-state index >= 15 is 0 Å². The highest BCUT2D eigenvalue weighted by Gasteiger charge is 2.17. The molecular weight excluding hydrogens is 346 g/mol. The molecule has 1 aromatic carbocycles. The van der Waals surface area contributed by atoms with Gasteiger partial charge in [0.05, 0.1) is 18.3 Å². The molecule has 8 heteroatoms. The second kappa shape index (κ2) is 7.12. The van der Waals surface area contributed by atoms with Crippen LogP contribution in [-0.4, -0.2) is 40.5 Å². The topological polar surface area (TPSA) is 64.9 Å². The summed E-state index contributed by atoms with van der Waals surface area (Å²) >= 11 is 9.52. The van der Waals surface area contributed by atoms with Crippen LogP contribution in [0.15, 0.2) is 22.7 Å². The van der Waals surface area contributed by atoms with E-state index in [1.54, 1.807) is 17.9 Å². The van der Waals surface area contributed by atoms with Crippen molar-refractivity contribution in [2.45, 2.75) is 13.0 Å². The lowest BCUT2D eigenvalue weighted by molar-refractivity contribution is 0.196. The van der Waals surface area contributed by atoms with E-state index in [1.165, 1.54) is 0 Å². The lowest BCUT2D eigenvalue weighted by Crippen LogP contribution is -2.25. The molecule has 6 nitrogen and oxygen atoms in total. The standard InChI is InChI=1S/C12H15BrClN5O/c1-8(15-5-6-20-2)12-16-17-18-19(12)11-7-9(14)3-4-10(11)13/h3-4,7-8,15H,5-6H2,1-2H3. The fourth-order valence-electron chi connectivity index (χ4n) is 1.75. The van der Waals surface area contributed by atoms with Crippen LogP contribution in [-0.2, 0) is 4.74 Å². The number of benzene rings is 1. The summed E-state index contributed by atoms with van der Waals surface area (Å²) in [7, 11) is 1.67. The Hall–Kier alpha value is -1.02. The van der Waals surface area contributed by atoms with Crippen molar-refractivity contribution in [2.75, 3.05) is 20.3 Å². The van der Waals surface area contributed by atoms with E-state index in [0.717, 1.165) is 16.7 Å². The molecule has 1 N–H and O–H groups in total. The van der Waals surface area contributed by atoms with E-state index in [0.29, 0.717) is 17.5 Å². The molecule has 0 fully saturated rings. The van der Waals surface area contributed by atoms with E-state index in [1.807, 2.05) is 19.1 Å². The number of tetrazole rings is 1. The van der Waals surface area contributed by atoms with Crippen LogP contribution in [0.2, 0.25) is 5.02 Å². The number of methoxy groups -OCH3 is 1. The third-order valence-corrected chi connectivity index (χ3v) is 3.68. The van der Waals surface area contributed by atoms with Gasteiger partial charge in [-0.2, -0.15) is 4.68 Å². The van der Waals surface area contributed by atoms with Gasteiger partial charge in [0.2, 0.25) is 0 Å². The molecule has 0 spiro atoms. The van der Waals surface area contributed by atoms with Gasteiger partial charge < -0.3 is 10.1 Å². The second-order valence-corrected chi connectivity index (χ2v) is 5.50. The quantitative estimate of drug-likeness (QED) is 0.801. The van der Waals surface area contributed by atoms with Crippen molar-refractivity contribution in [1.29, 1.82) is 0 Å². The van der Waals surface area contributed by atoms with Gasteiger partial charge in [0.15, 0.2) is 5.82 Å². The van der Waals surface area contributed by atoms with Crippen molar-refractivity contribution in [3.8, 4) is 5.69 Å². The fraction of sp³-hybridized carbons (Fsp3) is 0.417. The SMILES string of the molecule is COCCNC(C)c1nnnn1-c1cc(Cl)ccc1Br. The van der Waals surface area contributed by atoms with Crippen LogP contribution >= 0.6 is 27.5 Å². The summed E-state index contributed by atoms with van der Waals surface area (Å²) < 4.78 is 7.56. The minimum absolute atomic E-state index is 0.00830. The monoisotopic (exact) mass is 359 g/mol. The number of hydrogen-bond donors (Lipinski definition) is 1. The highest BCUT2D eigenvalue weighted by Crippen LogP contribution is 2.25. The number of aromatic nitrogens is 4. The van der Waals surface area contributed by atoms with Gasteiger partial charge in [0, 0.05) is 23.1 Å². The molecule has 1 aromatic heterocycles. The molecule has 0 amide bonds. The van der Waals surface area contributed by atoms with Gasteiger partial charge in [-0.25, -0.2) is 0 Å². The van der Waals surface area contributed by atoms with Crippen LogP contribution in [0, 0.1) is 0 Å². The van der Waals surface area contributed by atoms with Crippen molar-refractivity contribution < 1.29 is 4.74 Å². The molecule has 0 saturated heterocycles. The van der Waals surface area contributed by atoms with Crippen molar-refractivity contribution >= 4 is 27.5 Å². The molecule has 0 aliphatic rings. The lowest BCUT2D eigenvalue weighted by atomic mass is 10.3. The summed E-state index contributed by atoms with van der Waals surface area (Å²) in [4.78, 5) is 0. The summed E-state index contributed by atoms with van der Waals surface area (Å²) in [6, 6.07) is 5.48. The molecule has 0 bridgehead atoms. The number of hydrogen-bond acceptors (Lipinski definition) is 5. The molecule has 1 atom stereocenters. The number of halogens is 2. The third kappa shape index (κ3) is 3.54. The fourth-order valence-corrected chi connectivity index (χ4v) is 2.33. The zero-order chi connectivity index (χ0) is 14.5. The Morgan fingerprint density at radius 2 is 2.30 bits per heavy atom. The van der Waals surface area contributed by atoms with E-state index in [2.05, 4.69) is 36.8 Å². The molecule has 0 radical (unpaired) electrons. The predicted molar refractivity (Wildman–Crippen MR) is 80.2 cm³/mol. The second-order valence-electron chi connectivity index (χ2n) is 4.21. The van der Waals surface area contributed by atoms with Gasteiger partial charge in [0.25, 0.3) is 0 Å². The molecular formula is C12H15BrClN5O. The van der Waals surface area contributed by atoms with E-state index in [9.17, 15) is 0 Å². The highest BCUT2D eigenvalue weighted by atomic mass is 79.9. The Labute approximate surface area is 130 Å². The molecule has 0 saturated carbocycles. The summed E-state index contributed by atoms with van der Waals surface area (Å²) in [6.07, 6.45) is 0. The summed E-state index contributed by atoms with van der Waals surface area (Å²) in [5, 5.41) is 15.8. The first kappa shape index (κ1) is 15.4. The maximum Gasteiger partial charge on any atom is 0.173 e. The Morgan fingerprint density at radius 3 is 3.05 bits per heavy atom. The number of nitrogens with one attached hydrogen (secondary N) is 1. The van der Waals surface area contributed by atoms with Crippen LogP contribution in [0.5, 0.6) is 0 Å². The maximum absolute atomic E-state index is 6.03. The van der Waals surface area contributed by atoms with Crippen LogP contribution in [0.3, 0.4) is 0 Å². The summed E-state index contributed by atoms with van der Waals surface area (Å²) in [5.74, 6) is 0.712. The van der Waals surface area contributed by atoms with Crippen molar-refractivity contribution in [3.05, 3.63) is 33.5 Å². The average Bonchev–Trinajstić information content (AvgIpc) is 2.91. The zero-order valence-electron chi connectivity index (χ0n) is 11.2. The number of nitrogens with zero attached hydrogens (tertiary/aromatic N) is 4. The van der Waals surface area contributed by atoms with Crippen molar-refractivity contribution in [2.24, 2.45) is 0 Å². The highest BCUT2D eigenvalue weighted by molar-refractivity contribution is 9.10. The summed E-state index contributed by atoms with van der Waals surface area (Å²) in [6.45, 7) is 3.35. The van der Waals surface area contributed by atoms with Gasteiger partial charge in [-0.15, -0.1) is 5.10 Å². The minimum atomic E-state index is -0.00830. The predicted octanol–water partition coefficient (Wildman–Crippen LogP) is 2.38. The van der Waals surface area contributed by atoms with Crippen LogP contribution in [0.25, 0.3) is 5.69 Å².